The number of hydrogen-bond donors (Lipinski definition) is 3. The Bertz CT molecular complexity index is 1400. The highest BCUT2D eigenvalue weighted by Gasteiger charge is 2.29. The van der Waals surface area contributed by atoms with Gasteiger partial charge in [0.25, 0.3) is 7.82 Å². The molecule has 0 aliphatic carbocycles. The minimum atomic E-state index is -4.69. The van der Waals surface area contributed by atoms with Crippen LogP contribution in [-0.4, -0.2) is 79.8 Å². The van der Waals surface area contributed by atoms with Crippen molar-refractivity contribution in [2.75, 3.05) is 40.9 Å². The fraction of sp³-hybridized carbons (Fsp3) is 0.787. The van der Waals surface area contributed by atoms with Crippen molar-refractivity contribution in [3.63, 3.8) is 0 Å². The highest BCUT2D eigenvalue weighted by Crippen LogP contribution is 2.38. The standard InChI is InChI=1S/C61H113N2O7P/c1-6-8-10-12-14-16-18-20-21-22-23-24-25-26-27-28-29-30-31-32-33-34-35-36-37-38-39-40-41-42-44-46-48-50-52-54-60(65)62-58(57-70-71(67,68)69-56-55-63(3,4)5)61(66)59(64)53-51-49-47-45-43-19-17-15-13-11-9-7-2/h7,9,15,17-18,20,22-23,25-26,45,47,58-59,61,64,66H,6,8,10-14,16,19,21,24,27-44,46,48-57H2,1-5H3,(H-,62,65,67,68)/b9-7+,17-15+,20-18-,23-22-,26-25-,47-45+. The molecule has 0 radical (unpaired) electrons. The van der Waals surface area contributed by atoms with E-state index in [2.05, 4.69) is 85.2 Å². The zero-order chi connectivity index (χ0) is 52.2. The van der Waals surface area contributed by atoms with Crippen LogP contribution in [-0.2, 0) is 18.4 Å². The van der Waals surface area contributed by atoms with Gasteiger partial charge in [-0.05, 0) is 96.8 Å². The minimum Gasteiger partial charge on any atom is -0.756 e. The highest BCUT2D eigenvalue weighted by molar-refractivity contribution is 7.45. The molecule has 0 spiro atoms. The van der Waals surface area contributed by atoms with Crippen LogP contribution in [0.1, 0.15) is 251 Å². The average Bonchev–Trinajstić information content (AvgIpc) is 3.33. The van der Waals surface area contributed by atoms with Crippen LogP contribution in [0.25, 0.3) is 0 Å². The van der Waals surface area contributed by atoms with Gasteiger partial charge in [0, 0.05) is 6.42 Å². The van der Waals surface area contributed by atoms with Gasteiger partial charge in [-0.1, -0.05) is 221 Å². The number of amides is 1. The maximum atomic E-state index is 13.0. The maximum absolute atomic E-state index is 13.0. The number of carbonyl (C=O) groups excluding carboxylic acids is 1. The zero-order valence-electron chi connectivity index (χ0n) is 46.8. The Morgan fingerprint density at radius 1 is 0.535 bits per heavy atom. The average molecular weight is 1020 g/mol. The van der Waals surface area contributed by atoms with E-state index in [0.717, 1.165) is 64.2 Å². The molecule has 0 saturated heterocycles. The fourth-order valence-electron chi connectivity index (χ4n) is 8.42. The van der Waals surface area contributed by atoms with Crippen molar-refractivity contribution >= 4 is 13.7 Å². The summed E-state index contributed by atoms with van der Waals surface area (Å²) in [7, 11) is 1.09. The lowest BCUT2D eigenvalue weighted by molar-refractivity contribution is -0.870. The monoisotopic (exact) mass is 1020 g/mol. The first-order chi connectivity index (χ1) is 34.4. The number of aliphatic hydroxyl groups is 2. The van der Waals surface area contributed by atoms with E-state index in [0.29, 0.717) is 30.3 Å². The molecule has 0 saturated carbocycles. The topological polar surface area (TPSA) is 128 Å². The van der Waals surface area contributed by atoms with E-state index in [1.807, 2.05) is 28.1 Å². The SMILES string of the molecule is C/C=C/CC/C=C/CC/C=C/CCCC(O)C(O)C(COP(=O)([O-])OCC[N+](C)(C)C)NC(=O)CCCCCCCCCCCCCCCCCCCCCC/C=C\C/C=C\C/C=C\CCCCCCC. The molecule has 0 bridgehead atoms. The summed E-state index contributed by atoms with van der Waals surface area (Å²) >= 11 is 0. The number of phosphoric acid groups is 1. The molecule has 4 unspecified atom stereocenters. The van der Waals surface area contributed by atoms with Crippen LogP contribution in [0.2, 0.25) is 0 Å². The largest absolute Gasteiger partial charge is 0.756 e. The summed E-state index contributed by atoms with van der Waals surface area (Å²) < 4.78 is 23.2. The molecule has 0 aliphatic heterocycles. The van der Waals surface area contributed by atoms with Gasteiger partial charge in [0.15, 0.2) is 0 Å². The first kappa shape index (κ1) is 68.9. The summed E-state index contributed by atoms with van der Waals surface area (Å²) in [5, 5.41) is 24.7. The Labute approximate surface area is 438 Å². The highest BCUT2D eigenvalue weighted by atomic mass is 31.2. The second-order valence-electron chi connectivity index (χ2n) is 21.1. The van der Waals surface area contributed by atoms with E-state index in [1.165, 1.54) is 148 Å². The Morgan fingerprint density at radius 3 is 1.37 bits per heavy atom. The van der Waals surface area contributed by atoms with Crippen molar-refractivity contribution in [2.24, 2.45) is 0 Å². The molecular formula is C61H113N2O7P. The number of quaternary nitrogens is 1. The van der Waals surface area contributed by atoms with E-state index >= 15 is 0 Å². The van der Waals surface area contributed by atoms with Gasteiger partial charge < -0.3 is 34.0 Å². The van der Waals surface area contributed by atoms with Crippen molar-refractivity contribution in [3.8, 4) is 0 Å². The first-order valence-corrected chi connectivity index (χ1v) is 30.8. The molecule has 4 atom stereocenters. The van der Waals surface area contributed by atoms with Gasteiger partial charge in [-0.2, -0.15) is 0 Å². The summed E-state index contributed by atoms with van der Waals surface area (Å²) in [6.45, 7) is 4.19. The van der Waals surface area contributed by atoms with Crippen LogP contribution >= 0.6 is 7.82 Å². The zero-order valence-corrected chi connectivity index (χ0v) is 47.7. The van der Waals surface area contributed by atoms with Crippen molar-refractivity contribution in [2.45, 2.75) is 270 Å². The van der Waals surface area contributed by atoms with Gasteiger partial charge in [0.05, 0.1) is 39.9 Å². The van der Waals surface area contributed by atoms with E-state index in [-0.39, 0.29) is 18.9 Å². The Kier molecular flexibility index (Phi) is 49.9. The molecule has 0 rings (SSSR count). The predicted molar refractivity (Wildman–Crippen MR) is 303 cm³/mol. The number of unbranched alkanes of at least 4 members (excludes halogenated alkanes) is 28. The van der Waals surface area contributed by atoms with Crippen LogP contribution < -0.4 is 10.2 Å². The quantitative estimate of drug-likeness (QED) is 0.0240. The van der Waals surface area contributed by atoms with Crippen molar-refractivity contribution in [1.82, 2.24) is 5.32 Å². The van der Waals surface area contributed by atoms with Gasteiger partial charge in [-0.3, -0.25) is 9.36 Å². The molecule has 0 aromatic carbocycles. The van der Waals surface area contributed by atoms with Gasteiger partial charge >= 0.3 is 0 Å². The third-order valence-corrected chi connectivity index (χ3v) is 14.0. The number of phosphoric ester groups is 1. The number of likely N-dealkylation sites (N-methyl/N-ethyl adjacent to an activating group) is 1. The number of aliphatic hydroxyl groups excluding tert-OH is 2. The molecule has 0 aromatic heterocycles. The predicted octanol–water partition coefficient (Wildman–Crippen LogP) is 16.2. The van der Waals surface area contributed by atoms with E-state index in [4.69, 9.17) is 9.05 Å². The van der Waals surface area contributed by atoms with Crippen LogP contribution in [0, 0.1) is 0 Å². The second-order valence-corrected chi connectivity index (χ2v) is 22.5. The number of nitrogens with one attached hydrogen (secondary N) is 1. The van der Waals surface area contributed by atoms with Crippen molar-refractivity contribution < 1.29 is 38.0 Å². The van der Waals surface area contributed by atoms with Gasteiger partial charge in [0.1, 0.15) is 19.3 Å². The first-order valence-electron chi connectivity index (χ1n) is 29.3. The van der Waals surface area contributed by atoms with Crippen LogP contribution in [0.5, 0.6) is 0 Å². The molecule has 3 N–H and O–H groups in total. The maximum Gasteiger partial charge on any atom is 0.268 e. The Hall–Kier alpha value is -2.10. The molecule has 0 aromatic rings. The lowest BCUT2D eigenvalue weighted by atomic mass is 10.0. The number of hydrogen-bond acceptors (Lipinski definition) is 7. The van der Waals surface area contributed by atoms with E-state index in [9.17, 15) is 24.5 Å². The Morgan fingerprint density at radius 2 is 0.915 bits per heavy atom. The summed E-state index contributed by atoms with van der Waals surface area (Å²) in [5.74, 6) is -0.294. The fourth-order valence-corrected chi connectivity index (χ4v) is 9.14. The van der Waals surface area contributed by atoms with Crippen LogP contribution in [0.3, 0.4) is 0 Å². The van der Waals surface area contributed by atoms with Crippen molar-refractivity contribution in [1.29, 1.82) is 0 Å². The molecule has 9 nitrogen and oxygen atoms in total. The van der Waals surface area contributed by atoms with Crippen LogP contribution in [0.15, 0.2) is 72.9 Å². The molecule has 0 aliphatic rings. The Balaban J connectivity index is 4.06. The summed E-state index contributed by atoms with van der Waals surface area (Å²) in [4.78, 5) is 25.5. The second kappa shape index (κ2) is 51.4. The van der Waals surface area contributed by atoms with Crippen molar-refractivity contribution in [3.05, 3.63) is 72.9 Å². The van der Waals surface area contributed by atoms with Crippen LogP contribution in [0.4, 0.5) is 0 Å². The number of rotatable bonds is 53. The molecule has 71 heavy (non-hydrogen) atoms. The summed E-state index contributed by atoms with van der Waals surface area (Å²) in [6.07, 6.45) is 67.2. The lowest BCUT2D eigenvalue weighted by Crippen LogP contribution is -2.51. The molecule has 0 fully saturated rings. The molecule has 10 heteroatoms. The molecular weight excluding hydrogens is 904 g/mol. The lowest BCUT2D eigenvalue weighted by Gasteiger charge is -2.31. The number of carbonyl (C=O) groups is 1. The molecule has 414 valence electrons. The number of allylic oxidation sites excluding steroid dienone is 12. The minimum absolute atomic E-state index is 0.0516. The summed E-state index contributed by atoms with van der Waals surface area (Å²) in [5.41, 5.74) is 0. The number of nitrogens with zero attached hydrogens (tertiary/aromatic N) is 1. The third-order valence-electron chi connectivity index (χ3n) is 13.1. The summed E-state index contributed by atoms with van der Waals surface area (Å²) in [6, 6.07) is -1.10. The smallest absolute Gasteiger partial charge is 0.268 e. The van der Waals surface area contributed by atoms with Gasteiger partial charge in [-0.15, -0.1) is 0 Å². The van der Waals surface area contributed by atoms with E-state index < -0.39 is 32.7 Å². The van der Waals surface area contributed by atoms with E-state index in [1.54, 1.807) is 0 Å². The van der Waals surface area contributed by atoms with Gasteiger partial charge in [-0.25, -0.2) is 0 Å². The van der Waals surface area contributed by atoms with Gasteiger partial charge in [0.2, 0.25) is 5.91 Å². The third kappa shape index (κ3) is 52.6. The molecule has 1 amide bonds. The normalized spacial score (nSPS) is 14.9. The molecule has 0 heterocycles.